The summed E-state index contributed by atoms with van der Waals surface area (Å²) in [5, 5.41) is 24.4. The van der Waals surface area contributed by atoms with E-state index in [1.807, 2.05) is 24.3 Å². The second-order valence-electron chi connectivity index (χ2n) is 5.03. The highest BCUT2D eigenvalue weighted by molar-refractivity contribution is 8.00. The van der Waals surface area contributed by atoms with Gasteiger partial charge in [0.1, 0.15) is 0 Å². The normalized spacial score (nSPS) is 10.3. The number of carbonyl (C=O) groups excluding carboxylic acids is 1. The maximum Gasteiger partial charge on any atom is 0.325 e. The molecule has 2 N–H and O–H groups in total. The second kappa shape index (κ2) is 8.41. The Hall–Kier alpha value is -2.98. The molecule has 0 aliphatic carbocycles. The number of para-hydroxylation sites is 1. The van der Waals surface area contributed by atoms with Crippen molar-refractivity contribution in [2.75, 3.05) is 10.6 Å². The van der Waals surface area contributed by atoms with Crippen LogP contribution in [0.15, 0.2) is 58.9 Å². The molecule has 0 unspecified atom stereocenters. The fourth-order valence-corrected chi connectivity index (χ4v) is 3.69. The van der Waals surface area contributed by atoms with E-state index in [0.717, 1.165) is 5.56 Å². The minimum Gasteiger partial charge on any atom is -0.308 e. The Bertz CT molecular complexity index is 917. The van der Waals surface area contributed by atoms with Crippen LogP contribution in [0.3, 0.4) is 0 Å². The standard InChI is InChI=1S/C16H13N5O3S2/c22-14(17-12-6-2-1-3-7-12)18-15-19-20-16(26-15)25-10-11-5-4-8-13(9-11)21(23)24/h1-9H,10H2,(H2,17,18,19,22). The molecule has 0 atom stereocenters. The maximum absolute atomic E-state index is 11.9. The number of nitrogens with one attached hydrogen (secondary N) is 2. The monoisotopic (exact) mass is 387 g/mol. The number of aromatic nitrogens is 2. The van der Waals surface area contributed by atoms with Crippen LogP contribution < -0.4 is 10.6 Å². The van der Waals surface area contributed by atoms with Gasteiger partial charge in [0.25, 0.3) is 5.69 Å². The van der Waals surface area contributed by atoms with Crippen LogP contribution in [0.1, 0.15) is 5.56 Å². The summed E-state index contributed by atoms with van der Waals surface area (Å²) in [6.07, 6.45) is 0. The molecular formula is C16H13N5O3S2. The molecule has 1 aromatic heterocycles. The Balaban J connectivity index is 1.54. The summed E-state index contributed by atoms with van der Waals surface area (Å²) in [6.45, 7) is 0. The number of nitro groups is 1. The molecule has 0 aliphatic heterocycles. The molecular weight excluding hydrogens is 374 g/mol. The second-order valence-corrected chi connectivity index (χ2v) is 7.23. The molecule has 2 amide bonds. The first-order valence-corrected chi connectivity index (χ1v) is 9.23. The summed E-state index contributed by atoms with van der Waals surface area (Å²) in [4.78, 5) is 22.3. The molecule has 0 fully saturated rings. The summed E-state index contributed by atoms with van der Waals surface area (Å²) in [5.74, 6) is 0.520. The van der Waals surface area contributed by atoms with E-state index < -0.39 is 11.0 Å². The van der Waals surface area contributed by atoms with Crippen LogP contribution in [0.5, 0.6) is 0 Å². The van der Waals surface area contributed by atoms with Crippen LogP contribution in [-0.4, -0.2) is 21.2 Å². The van der Waals surface area contributed by atoms with Crippen LogP contribution in [-0.2, 0) is 5.75 Å². The van der Waals surface area contributed by atoms with Gasteiger partial charge in [0.2, 0.25) is 5.13 Å². The van der Waals surface area contributed by atoms with Crippen LogP contribution in [0.2, 0.25) is 0 Å². The van der Waals surface area contributed by atoms with Crippen molar-refractivity contribution in [1.29, 1.82) is 0 Å². The molecule has 0 bridgehead atoms. The summed E-state index contributed by atoms with van der Waals surface area (Å²) in [5.41, 5.74) is 1.55. The number of amides is 2. The average molecular weight is 387 g/mol. The fraction of sp³-hybridized carbons (Fsp3) is 0.0625. The molecule has 0 saturated heterocycles. The van der Waals surface area contributed by atoms with Gasteiger partial charge in [-0.15, -0.1) is 10.2 Å². The molecule has 0 aliphatic rings. The summed E-state index contributed by atoms with van der Waals surface area (Å²) >= 11 is 2.63. The quantitative estimate of drug-likeness (QED) is 0.281. The Kier molecular flexibility index (Phi) is 5.77. The third-order valence-electron chi connectivity index (χ3n) is 3.14. The number of non-ortho nitro benzene ring substituents is 1. The van der Waals surface area contributed by atoms with Gasteiger partial charge in [-0.3, -0.25) is 15.4 Å². The lowest BCUT2D eigenvalue weighted by Gasteiger charge is -2.03. The van der Waals surface area contributed by atoms with Crippen molar-refractivity contribution < 1.29 is 9.72 Å². The van der Waals surface area contributed by atoms with E-state index in [9.17, 15) is 14.9 Å². The number of hydrogen-bond acceptors (Lipinski definition) is 7. The zero-order valence-electron chi connectivity index (χ0n) is 13.3. The Labute approximate surface area is 156 Å². The number of hydrogen-bond donors (Lipinski definition) is 2. The van der Waals surface area contributed by atoms with Gasteiger partial charge in [0.05, 0.1) is 4.92 Å². The third-order valence-corrected chi connectivity index (χ3v) is 5.19. The topological polar surface area (TPSA) is 110 Å². The van der Waals surface area contributed by atoms with Crippen molar-refractivity contribution >= 4 is 45.6 Å². The van der Waals surface area contributed by atoms with Crippen molar-refractivity contribution in [1.82, 2.24) is 10.2 Å². The first kappa shape index (κ1) is 17.8. The molecule has 8 nitrogen and oxygen atoms in total. The lowest BCUT2D eigenvalue weighted by Crippen LogP contribution is -2.19. The van der Waals surface area contributed by atoms with Gasteiger partial charge >= 0.3 is 6.03 Å². The van der Waals surface area contributed by atoms with Crippen LogP contribution in [0.25, 0.3) is 0 Å². The van der Waals surface area contributed by atoms with E-state index in [0.29, 0.717) is 20.9 Å². The number of urea groups is 1. The van der Waals surface area contributed by atoms with E-state index in [4.69, 9.17) is 0 Å². The highest BCUT2D eigenvalue weighted by atomic mass is 32.2. The van der Waals surface area contributed by atoms with E-state index in [1.54, 1.807) is 18.2 Å². The summed E-state index contributed by atoms with van der Waals surface area (Å²) in [7, 11) is 0. The molecule has 26 heavy (non-hydrogen) atoms. The van der Waals surface area contributed by atoms with Gasteiger partial charge in [-0.25, -0.2) is 4.79 Å². The molecule has 0 spiro atoms. The van der Waals surface area contributed by atoms with Crippen molar-refractivity contribution in [3.05, 3.63) is 70.3 Å². The van der Waals surface area contributed by atoms with Gasteiger partial charge in [-0.05, 0) is 17.7 Å². The van der Waals surface area contributed by atoms with E-state index in [1.165, 1.54) is 35.2 Å². The number of nitro benzene ring substituents is 1. The minimum atomic E-state index is -0.424. The SMILES string of the molecule is O=C(Nc1ccccc1)Nc1nnc(SCc2cccc([N+](=O)[O-])c2)s1. The predicted molar refractivity (Wildman–Crippen MR) is 102 cm³/mol. The number of anilines is 2. The first-order chi connectivity index (χ1) is 12.6. The van der Waals surface area contributed by atoms with E-state index >= 15 is 0 Å². The predicted octanol–water partition coefficient (Wildman–Crippen LogP) is 4.38. The zero-order chi connectivity index (χ0) is 18.4. The number of carbonyl (C=O) groups is 1. The van der Waals surface area contributed by atoms with E-state index in [2.05, 4.69) is 20.8 Å². The fourth-order valence-electron chi connectivity index (χ4n) is 2.00. The van der Waals surface area contributed by atoms with Gasteiger partial charge in [0, 0.05) is 23.6 Å². The average Bonchev–Trinajstić information content (AvgIpc) is 3.08. The molecule has 1 heterocycles. The minimum absolute atomic E-state index is 0.0558. The molecule has 10 heteroatoms. The van der Waals surface area contributed by atoms with Crippen molar-refractivity contribution in [3.8, 4) is 0 Å². The number of thioether (sulfide) groups is 1. The Morgan fingerprint density at radius 1 is 1.12 bits per heavy atom. The summed E-state index contributed by atoms with van der Waals surface area (Å²) < 4.78 is 0.659. The lowest BCUT2D eigenvalue weighted by atomic mass is 10.2. The highest BCUT2D eigenvalue weighted by Gasteiger charge is 2.10. The maximum atomic E-state index is 11.9. The lowest BCUT2D eigenvalue weighted by molar-refractivity contribution is -0.384. The van der Waals surface area contributed by atoms with E-state index in [-0.39, 0.29) is 5.69 Å². The van der Waals surface area contributed by atoms with Gasteiger partial charge in [-0.1, -0.05) is 53.4 Å². The number of benzene rings is 2. The molecule has 2 aromatic carbocycles. The van der Waals surface area contributed by atoms with Crippen LogP contribution in [0.4, 0.5) is 21.3 Å². The smallest absolute Gasteiger partial charge is 0.308 e. The highest BCUT2D eigenvalue weighted by Crippen LogP contribution is 2.29. The zero-order valence-corrected chi connectivity index (χ0v) is 14.9. The molecule has 3 aromatic rings. The molecule has 0 saturated carbocycles. The largest absolute Gasteiger partial charge is 0.325 e. The third kappa shape index (κ3) is 5.01. The van der Waals surface area contributed by atoms with Crippen LogP contribution in [0, 0.1) is 10.1 Å². The first-order valence-electron chi connectivity index (χ1n) is 7.43. The molecule has 132 valence electrons. The number of rotatable bonds is 6. The van der Waals surface area contributed by atoms with Crippen molar-refractivity contribution in [3.63, 3.8) is 0 Å². The van der Waals surface area contributed by atoms with Crippen molar-refractivity contribution in [2.24, 2.45) is 0 Å². The van der Waals surface area contributed by atoms with Crippen molar-refractivity contribution in [2.45, 2.75) is 10.1 Å². The molecule has 0 radical (unpaired) electrons. The molecule has 3 rings (SSSR count). The van der Waals surface area contributed by atoms with Gasteiger partial charge < -0.3 is 5.32 Å². The summed E-state index contributed by atoms with van der Waals surface area (Å²) in [6, 6.07) is 15.1. The van der Waals surface area contributed by atoms with Crippen LogP contribution >= 0.6 is 23.1 Å². The Morgan fingerprint density at radius 2 is 1.92 bits per heavy atom. The van der Waals surface area contributed by atoms with Gasteiger partial charge in [0.15, 0.2) is 4.34 Å². The number of nitrogens with zero attached hydrogens (tertiary/aromatic N) is 3. The Morgan fingerprint density at radius 3 is 2.69 bits per heavy atom. The van der Waals surface area contributed by atoms with Gasteiger partial charge in [-0.2, -0.15) is 0 Å².